The Labute approximate surface area is 211 Å². The van der Waals surface area contributed by atoms with E-state index in [2.05, 4.69) is 44.4 Å². The lowest BCUT2D eigenvalue weighted by molar-refractivity contribution is 0.0755. The summed E-state index contributed by atoms with van der Waals surface area (Å²) in [4.78, 5) is 13.0. The lowest BCUT2D eigenvalue weighted by Gasteiger charge is -2.25. The second kappa shape index (κ2) is 8.64. The maximum absolute atomic E-state index is 14.2. The van der Waals surface area contributed by atoms with Gasteiger partial charge in [-0.1, -0.05) is 20.8 Å². The highest BCUT2D eigenvalue weighted by Crippen LogP contribution is 2.41. The lowest BCUT2D eigenvalue weighted by Crippen LogP contribution is -2.27. The van der Waals surface area contributed by atoms with Crippen molar-refractivity contribution in [3.05, 3.63) is 51.6 Å². The van der Waals surface area contributed by atoms with Gasteiger partial charge in [0.05, 0.1) is 24.3 Å². The summed E-state index contributed by atoms with van der Waals surface area (Å²) in [6, 6.07) is 9.10. The minimum atomic E-state index is -0.551. The predicted molar refractivity (Wildman–Crippen MR) is 139 cm³/mol. The molecule has 2 aromatic carbocycles. The molecule has 6 nitrogen and oxygen atoms in total. The number of ether oxygens (including phenoxy) is 2. The van der Waals surface area contributed by atoms with Crippen molar-refractivity contribution in [1.82, 2.24) is 14.3 Å². The van der Waals surface area contributed by atoms with Crippen LogP contribution in [0.4, 0.5) is 4.39 Å². The molecule has 1 aliphatic heterocycles. The largest absolute Gasteiger partial charge is 0.494 e. The number of carbonyl (C=O) groups excluding carboxylic acids is 1. The van der Waals surface area contributed by atoms with Gasteiger partial charge in [-0.05, 0) is 59.7 Å². The monoisotopic (exact) mass is 575 g/mol. The van der Waals surface area contributed by atoms with E-state index in [1.165, 1.54) is 23.6 Å². The third-order valence-electron chi connectivity index (χ3n) is 6.46. The highest BCUT2D eigenvalue weighted by atomic mass is 127. The smallest absolute Gasteiger partial charge is 0.252 e. The van der Waals surface area contributed by atoms with Crippen molar-refractivity contribution < 1.29 is 18.7 Å². The first kappa shape index (κ1) is 23.3. The molecule has 0 spiro atoms. The van der Waals surface area contributed by atoms with Gasteiger partial charge in [-0.25, -0.2) is 4.39 Å². The third-order valence-corrected chi connectivity index (χ3v) is 7.60. The van der Waals surface area contributed by atoms with E-state index >= 15 is 0 Å². The van der Waals surface area contributed by atoms with Crippen LogP contribution in [0.15, 0.2) is 36.5 Å². The van der Waals surface area contributed by atoms with Crippen molar-refractivity contribution in [2.45, 2.75) is 39.5 Å². The number of benzene rings is 2. The third kappa shape index (κ3) is 3.80. The molecule has 1 saturated heterocycles. The molecule has 178 valence electrons. The summed E-state index contributed by atoms with van der Waals surface area (Å²) in [7, 11) is 1.48. The van der Waals surface area contributed by atoms with Crippen LogP contribution in [-0.2, 0) is 4.74 Å². The summed E-state index contributed by atoms with van der Waals surface area (Å²) in [6.45, 7) is 7.12. The minimum absolute atomic E-state index is 0.0517. The van der Waals surface area contributed by atoms with Gasteiger partial charge in [-0.2, -0.15) is 9.78 Å². The first-order valence-corrected chi connectivity index (χ1v) is 12.5. The molecular formula is C26H27FIN3O3. The van der Waals surface area contributed by atoms with Gasteiger partial charge in [0.2, 0.25) is 0 Å². The minimum Gasteiger partial charge on any atom is -0.494 e. The number of hydrogen-bond acceptors (Lipinski definition) is 4. The first-order valence-electron chi connectivity index (χ1n) is 11.4. The van der Waals surface area contributed by atoms with Crippen molar-refractivity contribution in [1.29, 1.82) is 0 Å². The Morgan fingerprint density at radius 1 is 1.18 bits per heavy atom. The molecule has 5 rings (SSSR count). The van der Waals surface area contributed by atoms with Crippen LogP contribution in [0.5, 0.6) is 5.75 Å². The van der Waals surface area contributed by atoms with Crippen LogP contribution >= 0.6 is 22.6 Å². The van der Waals surface area contributed by atoms with Crippen LogP contribution in [0.2, 0.25) is 0 Å². The SMILES string of the molecule is COc1cc(-n2c(C3CCOCC3)c(I)c3cc4c(cnn4C(=O)C(C)(C)C)cc32)ccc1F. The Morgan fingerprint density at radius 3 is 2.59 bits per heavy atom. The second-order valence-electron chi connectivity index (χ2n) is 9.78. The molecule has 0 amide bonds. The average molecular weight is 575 g/mol. The van der Waals surface area contributed by atoms with Gasteiger partial charge in [0.25, 0.3) is 5.91 Å². The van der Waals surface area contributed by atoms with Crippen molar-refractivity contribution in [3.8, 4) is 11.4 Å². The molecule has 0 aliphatic carbocycles. The highest BCUT2D eigenvalue weighted by molar-refractivity contribution is 14.1. The van der Waals surface area contributed by atoms with E-state index < -0.39 is 11.2 Å². The molecule has 0 unspecified atom stereocenters. The molecule has 34 heavy (non-hydrogen) atoms. The molecule has 0 saturated carbocycles. The number of nitrogens with zero attached hydrogens (tertiary/aromatic N) is 3. The van der Waals surface area contributed by atoms with E-state index in [0.717, 1.165) is 43.9 Å². The fraction of sp³-hybridized carbons (Fsp3) is 0.385. The zero-order chi connectivity index (χ0) is 24.2. The van der Waals surface area contributed by atoms with Crippen molar-refractivity contribution >= 4 is 50.3 Å². The Bertz CT molecular complexity index is 1410. The predicted octanol–water partition coefficient (Wildman–Crippen LogP) is 6.31. The fourth-order valence-corrected chi connectivity index (χ4v) is 5.78. The Morgan fingerprint density at radius 2 is 1.91 bits per heavy atom. The van der Waals surface area contributed by atoms with Gasteiger partial charge in [0, 0.05) is 56.3 Å². The number of hydrogen-bond donors (Lipinski definition) is 0. The number of carbonyl (C=O) groups is 1. The molecule has 1 fully saturated rings. The van der Waals surface area contributed by atoms with Crippen molar-refractivity contribution in [3.63, 3.8) is 0 Å². The van der Waals surface area contributed by atoms with Gasteiger partial charge in [-0.15, -0.1) is 0 Å². The molecule has 0 atom stereocenters. The number of halogens is 2. The molecule has 0 bridgehead atoms. The van der Waals surface area contributed by atoms with Crippen molar-refractivity contribution in [2.75, 3.05) is 20.3 Å². The maximum atomic E-state index is 14.2. The van der Waals surface area contributed by atoms with Crippen LogP contribution in [0, 0.1) is 14.8 Å². The van der Waals surface area contributed by atoms with Crippen LogP contribution in [0.25, 0.3) is 27.5 Å². The summed E-state index contributed by atoms with van der Waals surface area (Å²) >= 11 is 2.41. The summed E-state index contributed by atoms with van der Waals surface area (Å²) in [5.74, 6) is 0.0653. The Kier molecular flexibility index (Phi) is 5.92. The molecule has 1 aliphatic rings. The van der Waals surface area contributed by atoms with Gasteiger partial charge >= 0.3 is 0 Å². The standard InChI is InChI=1S/C26H27FIN3O3/c1-26(2,3)25(32)31-20-13-18-21(11-16(20)14-29-31)30(17-5-6-19(27)22(12-17)33-4)24(23(18)28)15-7-9-34-10-8-15/h5-6,11-15H,7-10H2,1-4H3. The van der Waals surface area contributed by atoms with Gasteiger partial charge < -0.3 is 14.0 Å². The quantitative estimate of drug-likeness (QED) is 0.269. The normalized spacial score (nSPS) is 15.4. The fourth-order valence-electron chi connectivity index (χ4n) is 4.67. The Balaban J connectivity index is 1.80. The van der Waals surface area contributed by atoms with Gasteiger partial charge in [0.15, 0.2) is 11.6 Å². The van der Waals surface area contributed by atoms with E-state index in [1.54, 1.807) is 18.3 Å². The molecule has 4 aromatic rings. The van der Waals surface area contributed by atoms with E-state index in [0.29, 0.717) is 19.1 Å². The second-order valence-corrected chi connectivity index (χ2v) is 10.9. The summed E-state index contributed by atoms with van der Waals surface area (Å²) < 4.78 is 30.0. The average Bonchev–Trinajstić information content (AvgIpc) is 3.36. The van der Waals surface area contributed by atoms with Crippen LogP contribution in [-0.4, -0.2) is 40.6 Å². The molecule has 3 heterocycles. The van der Waals surface area contributed by atoms with E-state index in [-0.39, 0.29) is 11.7 Å². The lowest BCUT2D eigenvalue weighted by atomic mass is 9.95. The Hall–Kier alpha value is -2.46. The summed E-state index contributed by atoms with van der Waals surface area (Å²) in [5, 5.41) is 6.34. The van der Waals surface area contributed by atoms with Crippen LogP contribution in [0.1, 0.15) is 50.0 Å². The summed E-state index contributed by atoms with van der Waals surface area (Å²) in [5.41, 5.74) is 3.25. The number of rotatable bonds is 3. The molecule has 0 N–H and O–H groups in total. The first-order chi connectivity index (χ1) is 16.2. The summed E-state index contributed by atoms with van der Waals surface area (Å²) in [6.07, 6.45) is 3.57. The van der Waals surface area contributed by atoms with Gasteiger partial charge in [0.1, 0.15) is 0 Å². The van der Waals surface area contributed by atoms with E-state index in [1.807, 2.05) is 20.8 Å². The molecule has 8 heteroatoms. The highest BCUT2D eigenvalue weighted by Gasteiger charge is 2.29. The van der Waals surface area contributed by atoms with E-state index in [4.69, 9.17) is 9.47 Å². The number of fused-ring (bicyclic) bond motifs is 2. The van der Waals surface area contributed by atoms with Gasteiger partial charge in [-0.3, -0.25) is 4.79 Å². The molecule has 2 aromatic heterocycles. The number of methoxy groups -OCH3 is 1. The zero-order valence-electron chi connectivity index (χ0n) is 19.7. The maximum Gasteiger partial charge on any atom is 0.252 e. The van der Waals surface area contributed by atoms with Crippen LogP contribution in [0.3, 0.4) is 0 Å². The van der Waals surface area contributed by atoms with Crippen LogP contribution < -0.4 is 4.74 Å². The molecular weight excluding hydrogens is 548 g/mol. The van der Waals surface area contributed by atoms with Crippen molar-refractivity contribution in [2.24, 2.45) is 5.41 Å². The van der Waals surface area contributed by atoms with E-state index in [9.17, 15) is 9.18 Å². The molecule has 0 radical (unpaired) electrons. The number of aromatic nitrogens is 3. The zero-order valence-corrected chi connectivity index (χ0v) is 21.8. The topological polar surface area (TPSA) is 58.3 Å².